The monoisotopic (exact) mass is 313 g/mol. The van der Waals surface area contributed by atoms with E-state index in [2.05, 4.69) is 0 Å². The molecular weight excluding hydrogens is 289 g/mol. The SMILES string of the molecule is COCOc1ccc(C[C@@](N)(CF)C(=O)OC(C)(C)C)cc1. The van der Waals surface area contributed by atoms with Crippen molar-refractivity contribution in [1.82, 2.24) is 0 Å². The lowest BCUT2D eigenvalue weighted by Gasteiger charge is -2.29. The third kappa shape index (κ3) is 5.61. The van der Waals surface area contributed by atoms with Gasteiger partial charge in [-0.2, -0.15) is 0 Å². The molecule has 0 unspecified atom stereocenters. The summed E-state index contributed by atoms with van der Waals surface area (Å²) in [6.07, 6.45) is 0.0446. The molecule has 2 N–H and O–H groups in total. The molecule has 124 valence electrons. The Balaban J connectivity index is 2.78. The Bertz CT molecular complexity index is 484. The van der Waals surface area contributed by atoms with Gasteiger partial charge in [-0.15, -0.1) is 0 Å². The van der Waals surface area contributed by atoms with Gasteiger partial charge >= 0.3 is 5.97 Å². The van der Waals surface area contributed by atoms with Gasteiger partial charge < -0.3 is 19.9 Å². The van der Waals surface area contributed by atoms with Gasteiger partial charge in [0.15, 0.2) is 6.79 Å². The molecule has 6 heteroatoms. The summed E-state index contributed by atoms with van der Waals surface area (Å²) in [5.41, 5.74) is 4.21. The lowest BCUT2D eigenvalue weighted by Crippen LogP contribution is -2.54. The van der Waals surface area contributed by atoms with Crippen LogP contribution in [0.4, 0.5) is 4.39 Å². The first-order chi connectivity index (χ1) is 10.2. The molecule has 5 nitrogen and oxygen atoms in total. The molecule has 1 atom stereocenters. The van der Waals surface area contributed by atoms with Gasteiger partial charge in [-0.3, -0.25) is 0 Å². The average Bonchev–Trinajstić information content (AvgIpc) is 2.44. The second-order valence-corrected chi connectivity index (χ2v) is 6.16. The van der Waals surface area contributed by atoms with Crippen LogP contribution in [-0.2, 0) is 20.7 Å². The molecule has 1 rings (SSSR count). The number of rotatable bonds is 7. The van der Waals surface area contributed by atoms with Crippen molar-refractivity contribution in [1.29, 1.82) is 0 Å². The fourth-order valence-electron chi connectivity index (χ4n) is 1.75. The second-order valence-electron chi connectivity index (χ2n) is 6.16. The molecule has 0 amide bonds. The lowest BCUT2D eigenvalue weighted by atomic mass is 9.93. The number of halogens is 1. The highest BCUT2D eigenvalue weighted by molar-refractivity contribution is 5.81. The zero-order valence-corrected chi connectivity index (χ0v) is 13.5. The van der Waals surface area contributed by atoms with Gasteiger partial charge in [0, 0.05) is 13.5 Å². The third-order valence-electron chi connectivity index (χ3n) is 2.83. The maximum Gasteiger partial charge on any atom is 0.329 e. The van der Waals surface area contributed by atoms with Crippen LogP contribution >= 0.6 is 0 Å². The van der Waals surface area contributed by atoms with Gasteiger partial charge in [-0.1, -0.05) is 12.1 Å². The van der Waals surface area contributed by atoms with Crippen LogP contribution in [-0.4, -0.2) is 37.7 Å². The lowest BCUT2D eigenvalue weighted by molar-refractivity contribution is -0.162. The Morgan fingerprint density at radius 1 is 1.23 bits per heavy atom. The molecule has 1 aromatic rings. The predicted molar refractivity (Wildman–Crippen MR) is 81.4 cm³/mol. The van der Waals surface area contributed by atoms with Gasteiger partial charge in [0.05, 0.1) is 0 Å². The predicted octanol–water partition coefficient (Wildman–Crippen LogP) is 2.22. The number of benzene rings is 1. The van der Waals surface area contributed by atoms with E-state index in [1.807, 2.05) is 0 Å². The number of methoxy groups -OCH3 is 1. The van der Waals surface area contributed by atoms with Crippen molar-refractivity contribution in [3.05, 3.63) is 29.8 Å². The second kappa shape index (κ2) is 7.56. The summed E-state index contributed by atoms with van der Waals surface area (Å²) < 4.78 is 28.6. The molecule has 0 aromatic heterocycles. The highest BCUT2D eigenvalue weighted by atomic mass is 19.1. The summed E-state index contributed by atoms with van der Waals surface area (Å²) in [6.45, 7) is 4.29. The standard InChI is InChI=1S/C16H24FNO4/c1-15(2,3)22-14(19)16(18,10-17)9-12-5-7-13(8-6-12)21-11-20-4/h5-8H,9-11,18H2,1-4H3/t16-/m1/s1. The fraction of sp³-hybridized carbons (Fsp3) is 0.562. The first-order valence-electron chi connectivity index (χ1n) is 6.99. The molecule has 0 spiro atoms. The molecule has 0 bridgehead atoms. The molecule has 1 aromatic carbocycles. The summed E-state index contributed by atoms with van der Waals surface area (Å²) in [4.78, 5) is 12.1. The Morgan fingerprint density at radius 2 is 1.82 bits per heavy atom. The molecule has 0 aliphatic heterocycles. The normalized spacial score (nSPS) is 14.3. The van der Waals surface area contributed by atoms with E-state index in [1.165, 1.54) is 7.11 Å². The van der Waals surface area contributed by atoms with Crippen LogP contribution in [0.5, 0.6) is 5.75 Å². The van der Waals surface area contributed by atoms with Gasteiger partial charge in [0.2, 0.25) is 0 Å². The van der Waals surface area contributed by atoms with Crippen molar-refractivity contribution in [2.45, 2.75) is 38.3 Å². The van der Waals surface area contributed by atoms with E-state index in [1.54, 1.807) is 45.0 Å². The van der Waals surface area contributed by atoms with E-state index in [9.17, 15) is 9.18 Å². The van der Waals surface area contributed by atoms with Crippen molar-refractivity contribution in [2.75, 3.05) is 20.6 Å². The van der Waals surface area contributed by atoms with Crippen molar-refractivity contribution < 1.29 is 23.4 Å². The van der Waals surface area contributed by atoms with E-state index < -0.39 is 23.8 Å². The number of carbonyl (C=O) groups excluding carboxylic acids is 1. The molecule has 0 saturated heterocycles. The summed E-state index contributed by atoms with van der Waals surface area (Å²) in [7, 11) is 1.53. The van der Waals surface area contributed by atoms with Crippen LogP contribution in [0.1, 0.15) is 26.3 Å². The van der Waals surface area contributed by atoms with Crippen molar-refractivity contribution >= 4 is 5.97 Å². The minimum absolute atomic E-state index is 0.0446. The summed E-state index contributed by atoms with van der Waals surface area (Å²) >= 11 is 0. The van der Waals surface area contributed by atoms with Crippen molar-refractivity contribution in [3.8, 4) is 5.75 Å². The van der Waals surface area contributed by atoms with Gasteiger partial charge in [-0.25, -0.2) is 9.18 Å². The maximum absolute atomic E-state index is 13.3. The molecule has 0 heterocycles. The summed E-state index contributed by atoms with van der Waals surface area (Å²) in [5.74, 6) is -0.132. The first-order valence-corrected chi connectivity index (χ1v) is 6.99. The van der Waals surface area contributed by atoms with Gasteiger partial charge in [0.25, 0.3) is 0 Å². The quantitative estimate of drug-likeness (QED) is 0.617. The number of hydrogen-bond donors (Lipinski definition) is 1. The highest BCUT2D eigenvalue weighted by Crippen LogP contribution is 2.20. The zero-order chi connectivity index (χ0) is 16.8. The number of hydrogen-bond acceptors (Lipinski definition) is 5. The molecular formula is C16H24FNO4. The number of esters is 1. The maximum atomic E-state index is 13.3. The van der Waals surface area contributed by atoms with E-state index in [-0.39, 0.29) is 13.2 Å². The Kier molecular flexibility index (Phi) is 6.32. The van der Waals surface area contributed by atoms with E-state index in [0.717, 1.165) is 5.56 Å². The molecule has 0 radical (unpaired) electrons. The van der Waals surface area contributed by atoms with Crippen LogP contribution in [0.25, 0.3) is 0 Å². The summed E-state index contributed by atoms with van der Waals surface area (Å²) in [5, 5.41) is 0. The van der Waals surface area contributed by atoms with E-state index >= 15 is 0 Å². The Morgan fingerprint density at radius 3 is 2.27 bits per heavy atom. The number of ether oxygens (including phenoxy) is 3. The number of alkyl halides is 1. The van der Waals surface area contributed by atoms with Gasteiger partial charge in [-0.05, 0) is 38.5 Å². The van der Waals surface area contributed by atoms with Crippen LogP contribution in [0.2, 0.25) is 0 Å². The van der Waals surface area contributed by atoms with E-state index in [4.69, 9.17) is 19.9 Å². The number of nitrogens with two attached hydrogens (primary N) is 1. The molecule has 0 saturated carbocycles. The van der Waals surface area contributed by atoms with Crippen molar-refractivity contribution in [2.24, 2.45) is 5.73 Å². The Labute approximate surface area is 130 Å². The smallest absolute Gasteiger partial charge is 0.329 e. The fourth-order valence-corrected chi connectivity index (χ4v) is 1.75. The molecule has 22 heavy (non-hydrogen) atoms. The molecule has 0 aliphatic carbocycles. The third-order valence-corrected chi connectivity index (χ3v) is 2.83. The topological polar surface area (TPSA) is 70.8 Å². The van der Waals surface area contributed by atoms with E-state index in [0.29, 0.717) is 5.75 Å². The molecule has 0 aliphatic rings. The van der Waals surface area contributed by atoms with Crippen LogP contribution in [0, 0.1) is 0 Å². The minimum atomic E-state index is -1.69. The zero-order valence-electron chi connectivity index (χ0n) is 13.5. The largest absolute Gasteiger partial charge is 0.468 e. The van der Waals surface area contributed by atoms with Crippen molar-refractivity contribution in [3.63, 3.8) is 0 Å². The number of carbonyl (C=O) groups is 1. The summed E-state index contributed by atoms with van der Waals surface area (Å²) in [6, 6.07) is 6.88. The van der Waals surface area contributed by atoms with Gasteiger partial charge in [0.1, 0.15) is 23.6 Å². The Hall–Kier alpha value is -1.66. The molecule has 0 fully saturated rings. The van der Waals surface area contributed by atoms with Crippen LogP contribution in [0.3, 0.4) is 0 Å². The minimum Gasteiger partial charge on any atom is -0.468 e. The van der Waals surface area contributed by atoms with Crippen LogP contribution < -0.4 is 10.5 Å². The average molecular weight is 313 g/mol. The van der Waals surface area contributed by atoms with Crippen LogP contribution in [0.15, 0.2) is 24.3 Å². The highest BCUT2D eigenvalue weighted by Gasteiger charge is 2.38. The first kappa shape index (κ1) is 18.4.